The van der Waals surface area contributed by atoms with Crippen molar-refractivity contribution in [1.82, 2.24) is 5.32 Å². The summed E-state index contributed by atoms with van der Waals surface area (Å²) in [4.78, 5) is 12.0. The Bertz CT molecular complexity index is 432. The minimum atomic E-state index is -0.681. The summed E-state index contributed by atoms with van der Waals surface area (Å²) in [6.45, 7) is 4.00. The number of carbonyl (C=O) groups excluding carboxylic acids is 1. The van der Waals surface area contributed by atoms with Crippen LogP contribution in [0.2, 0.25) is 0 Å². The van der Waals surface area contributed by atoms with E-state index in [0.717, 1.165) is 11.3 Å². The van der Waals surface area contributed by atoms with Gasteiger partial charge in [-0.1, -0.05) is 18.2 Å². The lowest BCUT2D eigenvalue weighted by Crippen LogP contribution is -2.50. The Balaban J connectivity index is 2.88. The number of hydrogen-bond acceptors (Lipinski definition) is 4. The first-order chi connectivity index (χ1) is 8.92. The third kappa shape index (κ3) is 3.94. The van der Waals surface area contributed by atoms with Crippen molar-refractivity contribution in [2.24, 2.45) is 5.73 Å². The first-order valence-electron chi connectivity index (χ1n) is 6.12. The number of methoxy groups -OCH3 is 2. The number of nitrogens with two attached hydrogens (primary N) is 1. The Hall–Kier alpha value is -1.59. The molecule has 106 valence electrons. The summed E-state index contributed by atoms with van der Waals surface area (Å²) >= 11 is 0. The molecule has 1 rings (SSSR count). The zero-order chi connectivity index (χ0) is 14.5. The van der Waals surface area contributed by atoms with Gasteiger partial charge in [-0.15, -0.1) is 0 Å². The molecular formula is C14H22N2O3. The fourth-order valence-corrected chi connectivity index (χ4v) is 1.88. The van der Waals surface area contributed by atoms with Gasteiger partial charge >= 0.3 is 0 Å². The molecule has 5 nitrogen and oxygen atoms in total. The largest absolute Gasteiger partial charge is 0.496 e. The van der Waals surface area contributed by atoms with Crippen LogP contribution in [0.4, 0.5) is 0 Å². The molecule has 0 radical (unpaired) electrons. The summed E-state index contributed by atoms with van der Waals surface area (Å²) in [6.07, 6.45) is 0. The van der Waals surface area contributed by atoms with Crippen molar-refractivity contribution in [3.05, 3.63) is 29.8 Å². The van der Waals surface area contributed by atoms with Crippen LogP contribution in [-0.4, -0.2) is 32.8 Å². The second-order valence-electron chi connectivity index (χ2n) is 4.88. The zero-order valence-electron chi connectivity index (χ0n) is 11.9. The van der Waals surface area contributed by atoms with Gasteiger partial charge in [-0.05, 0) is 19.9 Å². The average Bonchev–Trinajstić information content (AvgIpc) is 2.38. The molecular weight excluding hydrogens is 244 g/mol. The number of ether oxygens (including phenoxy) is 2. The fraction of sp³-hybridized carbons (Fsp3) is 0.500. The molecule has 0 aliphatic carbocycles. The number of carbonyl (C=O) groups is 1. The molecule has 0 saturated heterocycles. The van der Waals surface area contributed by atoms with Crippen LogP contribution < -0.4 is 15.8 Å². The Kier molecular flexibility index (Phi) is 5.32. The van der Waals surface area contributed by atoms with E-state index in [9.17, 15) is 4.79 Å². The van der Waals surface area contributed by atoms with Crippen LogP contribution >= 0.6 is 0 Å². The van der Waals surface area contributed by atoms with E-state index in [0.29, 0.717) is 0 Å². The first-order valence-corrected chi connectivity index (χ1v) is 6.12. The molecule has 0 spiro atoms. The van der Waals surface area contributed by atoms with Crippen molar-refractivity contribution in [2.75, 3.05) is 20.8 Å². The van der Waals surface area contributed by atoms with E-state index in [1.54, 1.807) is 7.11 Å². The highest BCUT2D eigenvalue weighted by Gasteiger charge is 2.28. The summed E-state index contributed by atoms with van der Waals surface area (Å²) in [5, 5.41) is 2.91. The van der Waals surface area contributed by atoms with E-state index >= 15 is 0 Å². The highest BCUT2D eigenvalue weighted by Crippen LogP contribution is 2.29. The van der Waals surface area contributed by atoms with Crippen molar-refractivity contribution >= 4 is 5.91 Å². The summed E-state index contributed by atoms with van der Waals surface area (Å²) in [5.41, 5.74) is 6.04. The van der Waals surface area contributed by atoms with E-state index in [1.807, 2.05) is 38.1 Å². The number of hydrogen-bond donors (Lipinski definition) is 2. The smallest absolute Gasteiger partial charge is 0.239 e. The third-order valence-corrected chi connectivity index (χ3v) is 2.90. The molecule has 0 saturated carbocycles. The molecule has 0 bridgehead atoms. The van der Waals surface area contributed by atoms with Crippen molar-refractivity contribution in [1.29, 1.82) is 0 Å². The molecule has 1 unspecified atom stereocenters. The van der Waals surface area contributed by atoms with Crippen LogP contribution in [0.1, 0.15) is 19.4 Å². The SMILES string of the molecule is COCC(N)C(=O)NC(C)(C)c1ccccc1OC. The van der Waals surface area contributed by atoms with Gasteiger partial charge in [-0.25, -0.2) is 0 Å². The molecule has 0 aliphatic heterocycles. The monoisotopic (exact) mass is 266 g/mol. The highest BCUT2D eigenvalue weighted by atomic mass is 16.5. The lowest BCUT2D eigenvalue weighted by atomic mass is 9.93. The van der Waals surface area contributed by atoms with Gasteiger partial charge in [-0.2, -0.15) is 0 Å². The Morgan fingerprint density at radius 2 is 2.00 bits per heavy atom. The number of nitrogens with one attached hydrogen (secondary N) is 1. The molecule has 3 N–H and O–H groups in total. The fourth-order valence-electron chi connectivity index (χ4n) is 1.88. The van der Waals surface area contributed by atoms with Gasteiger partial charge < -0.3 is 20.5 Å². The van der Waals surface area contributed by atoms with E-state index in [2.05, 4.69) is 5.32 Å². The normalized spacial score (nSPS) is 12.9. The molecule has 1 aromatic rings. The topological polar surface area (TPSA) is 73.6 Å². The molecule has 0 aromatic heterocycles. The molecule has 1 aromatic carbocycles. The molecule has 0 heterocycles. The minimum Gasteiger partial charge on any atom is -0.496 e. The van der Waals surface area contributed by atoms with Crippen LogP contribution in [0.3, 0.4) is 0 Å². The van der Waals surface area contributed by atoms with Crippen molar-refractivity contribution in [3.63, 3.8) is 0 Å². The maximum Gasteiger partial charge on any atom is 0.239 e. The Labute approximate surface area is 114 Å². The summed E-state index contributed by atoms with van der Waals surface area (Å²) in [7, 11) is 3.12. The molecule has 1 atom stereocenters. The Morgan fingerprint density at radius 3 is 2.58 bits per heavy atom. The van der Waals surface area contributed by atoms with Crippen molar-refractivity contribution < 1.29 is 14.3 Å². The van der Waals surface area contributed by atoms with Gasteiger partial charge in [0.2, 0.25) is 5.91 Å². The number of amides is 1. The van der Waals surface area contributed by atoms with Gasteiger partial charge in [0, 0.05) is 12.7 Å². The predicted octanol–water partition coefficient (Wildman–Crippen LogP) is 1.02. The minimum absolute atomic E-state index is 0.188. The second-order valence-corrected chi connectivity index (χ2v) is 4.88. The molecule has 19 heavy (non-hydrogen) atoms. The van der Waals surface area contributed by atoms with Crippen LogP contribution in [0.15, 0.2) is 24.3 Å². The second kappa shape index (κ2) is 6.54. The van der Waals surface area contributed by atoms with E-state index < -0.39 is 11.6 Å². The average molecular weight is 266 g/mol. The van der Waals surface area contributed by atoms with Gasteiger partial charge in [-0.3, -0.25) is 4.79 Å². The van der Waals surface area contributed by atoms with Crippen LogP contribution in [0, 0.1) is 0 Å². The summed E-state index contributed by atoms with van der Waals surface area (Å²) in [6, 6.07) is 6.88. The van der Waals surface area contributed by atoms with Crippen molar-refractivity contribution in [3.8, 4) is 5.75 Å². The lowest BCUT2D eigenvalue weighted by molar-refractivity contribution is -0.125. The zero-order valence-corrected chi connectivity index (χ0v) is 11.9. The van der Waals surface area contributed by atoms with Gasteiger partial charge in [0.25, 0.3) is 0 Å². The van der Waals surface area contributed by atoms with E-state index in [4.69, 9.17) is 15.2 Å². The first kappa shape index (κ1) is 15.5. The molecule has 1 amide bonds. The van der Waals surface area contributed by atoms with Crippen LogP contribution in [0.5, 0.6) is 5.75 Å². The molecule has 5 heteroatoms. The van der Waals surface area contributed by atoms with Crippen LogP contribution in [0.25, 0.3) is 0 Å². The predicted molar refractivity (Wildman–Crippen MR) is 74.0 cm³/mol. The third-order valence-electron chi connectivity index (χ3n) is 2.90. The number of para-hydroxylation sites is 1. The van der Waals surface area contributed by atoms with Crippen LogP contribution in [-0.2, 0) is 15.1 Å². The lowest BCUT2D eigenvalue weighted by Gasteiger charge is -2.29. The van der Waals surface area contributed by atoms with E-state index in [1.165, 1.54) is 7.11 Å². The standard InChI is InChI=1S/C14H22N2O3/c1-14(2,16-13(17)11(15)9-18-3)10-7-5-6-8-12(10)19-4/h5-8,11H,9,15H2,1-4H3,(H,16,17). The maximum absolute atomic E-state index is 12.0. The maximum atomic E-state index is 12.0. The van der Waals surface area contributed by atoms with Gasteiger partial charge in [0.1, 0.15) is 11.8 Å². The van der Waals surface area contributed by atoms with Gasteiger partial charge in [0.15, 0.2) is 0 Å². The number of benzene rings is 1. The highest BCUT2D eigenvalue weighted by molar-refractivity contribution is 5.82. The van der Waals surface area contributed by atoms with Gasteiger partial charge in [0.05, 0.1) is 19.3 Å². The quantitative estimate of drug-likeness (QED) is 0.806. The Morgan fingerprint density at radius 1 is 1.37 bits per heavy atom. The molecule has 0 fully saturated rings. The van der Waals surface area contributed by atoms with E-state index in [-0.39, 0.29) is 12.5 Å². The summed E-state index contributed by atoms with van der Waals surface area (Å²) in [5.74, 6) is 0.478. The number of rotatable bonds is 6. The van der Waals surface area contributed by atoms with Crippen molar-refractivity contribution in [2.45, 2.75) is 25.4 Å². The summed E-state index contributed by atoms with van der Waals surface area (Å²) < 4.78 is 10.2. The molecule has 0 aliphatic rings.